The summed E-state index contributed by atoms with van der Waals surface area (Å²) in [6.07, 6.45) is 2.40. The van der Waals surface area contributed by atoms with Crippen molar-refractivity contribution in [3.05, 3.63) is 28.9 Å². The van der Waals surface area contributed by atoms with E-state index < -0.39 is 0 Å². The standard InChI is InChI=1S/C9H7ClN2O/c1-12-9-3-2-8(10)7(5-13)6(9)4-11-12/h2-5H,1H3. The zero-order valence-corrected chi connectivity index (χ0v) is 7.75. The smallest absolute Gasteiger partial charge is 0.152 e. The maximum absolute atomic E-state index is 10.7. The van der Waals surface area contributed by atoms with Gasteiger partial charge in [0.05, 0.1) is 16.7 Å². The molecule has 0 saturated heterocycles. The molecule has 0 aliphatic carbocycles. The molecule has 0 atom stereocenters. The lowest BCUT2D eigenvalue weighted by atomic mass is 10.1. The van der Waals surface area contributed by atoms with E-state index in [4.69, 9.17) is 11.6 Å². The van der Waals surface area contributed by atoms with Crippen molar-refractivity contribution in [3.8, 4) is 0 Å². The van der Waals surface area contributed by atoms with Crippen LogP contribution in [-0.4, -0.2) is 16.1 Å². The van der Waals surface area contributed by atoms with E-state index in [1.54, 1.807) is 16.9 Å². The van der Waals surface area contributed by atoms with Gasteiger partial charge in [0.2, 0.25) is 0 Å². The minimum absolute atomic E-state index is 0.468. The molecule has 3 nitrogen and oxygen atoms in total. The Morgan fingerprint density at radius 2 is 2.31 bits per heavy atom. The largest absolute Gasteiger partial charge is 0.298 e. The molecule has 1 aromatic carbocycles. The number of aldehydes is 1. The Kier molecular flexibility index (Phi) is 1.81. The number of hydrogen-bond donors (Lipinski definition) is 0. The number of nitrogens with zero attached hydrogens (tertiary/aromatic N) is 2. The van der Waals surface area contributed by atoms with Gasteiger partial charge in [-0.3, -0.25) is 9.48 Å². The maximum Gasteiger partial charge on any atom is 0.152 e. The fourth-order valence-corrected chi connectivity index (χ4v) is 1.55. The molecule has 0 fully saturated rings. The molecule has 0 aliphatic heterocycles. The molecule has 0 saturated carbocycles. The van der Waals surface area contributed by atoms with E-state index in [9.17, 15) is 4.79 Å². The second-order valence-corrected chi connectivity index (χ2v) is 3.19. The third kappa shape index (κ3) is 1.12. The first-order chi connectivity index (χ1) is 6.24. The predicted molar refractivity (Wildman–Crippen MR) is 51.1 cm³/mol. The lowest BCUT2D eigenvalue weighted by molar-refractivity contribution is 0.112. The van der Waals surface area contributed by atoms with Gasteiger partial charge >= 0.3 is 0 Å². The lowest BCUT2D eigenvalue weighted by Gasteiger charge is -1.98. The third-order valence-electron chi connectivity index (χ3n) is 2.04. The van der Waals surface area contributed by atoms with Crippen LogP contribution in [-0.2, 0) is 7.05 Å². The van der Waals surface area contributed by atoms with Crippen LogP contribution in [0.4, 0.5) is 0 Å². The fourth-order valence-electron chi connectivity index (χ4n) is 1.34. The van der Waals surface area contributed by atoms with E-state index in [1.165, 1.54) is 0 Å². The van der Waals surface area contributed by atoms with Crippen molar-refractivity contribution in [1.29, 1.82) is 0 Å². The molecular weight excluding hydrogens is 188 g/mol. The van der Waals surface area contributed by atoms with Gasteiger partial charge in [0, 0.05) is 18.0 Å². The van der Waals surface area contributed by atoms with Gasteiger partial charge in [-0.2, -0.15) is 5.10 Å². The molecule has 13 heavy (non-hydrogen) atoms. The number of hydrogen-bond acceptors (Lipinski definition) is 2. The molecule has 0 radical (unpaired) electrons. The number of fused-ring (bicyclic) bond motifs is 1. The first kappa shape index (κ1) is 8.26. The highest BCUT2D eigenvalue weighted by atomic mass is 35.5. The number of carbonyl (C=O) groups excluding carboxylic acids is 1. The predicted octanol–water partition coefficient (Wildman–Crippen LogP) is 2.04. The van der Waals surface area contributed by atoms with Gasteiger partial charge in [-0.25, -0.2) is 0 Å². The lowest BCUT2D eigenvalue weighted by Crippen LogP contribution is -1.89. The van der Waals surface area contributed by atoms with Crippen LogP contribution < -0.4 is 0 Å². The molecule has 0 bridgehead atoms. The molecule has 0 unspecified atom stereocenters. The number of halogens is 1. The summed E-state index contributed by atoms with van der Waals surface area (Å²) in [5.74, 6) is 0. The van der Waals surface area contributed by atoms with Crippen LogP contribution in [0.5, 0.6) is 0 Å². The Morgan fingerprint density at radius 1 is 1.54 bits per heavy atom. The van der Waals surface area contributed by atoms with Gasteiger partial charge in [-0.05, 0) is 12.1 Å². The number of benzene rings is 1. The fraction of sp³-hybridized carbons (Fsp3) is 0.111. The second-order valence-electron chi connectivity index (χ2n) is 2.78. The van der Waals surface area contributed by atoms with Crippen molar-refractivity contribution in [3.63, 3.8) is 0 Å². The topological polar surface area (TPSA) is 34.9 Å². The normalized spacial score (nSPS) is 10.6. The van der Waals surface area contributed by atoms with Crippen LogP contribution in [0.25, 0.3) is 10.9 Å². The quantitative estimate of drug-likeness (QED) is 0.652. The van der Waals surface area contributed by atoms with Crippen molar-refractivity contribution < 1.29 is 4.79 Å². The van der Waals surface area contributed by atoms with E-state index in [-0.39, 0.29) is 0 Å². The van der Waals surface area contributed by atoms with Crippen LogP contribution >= 0.6 is 11.6 Å². The number of aromatic nitrogens is 2. The van der Waals surface area contributed by atoms with Crippen LogP contribution in [0.15, 0.2) is 18.3 Å². The highest BCUT2D eigenvalue weighted by molar-refractivity contribution is 6.34. The Morgan fingerprint density at radius 3 is 3.00 bits per heavy atom. The summed E-state index contributed by atoms with van der Waals surface area (Å²) in [5.41, 5.74) is 1.42. The first-order valence-corrected chi connectivity index (χ1v) is 4.17. The Balaban J connectivity index is 2.92. The summed E-state index contributed by atoms with van der Waals surface area (Å²) >= 11 is 5.84. The summed E-state index contributed by atoms with van der Waals surface area (Å²) in [7, 11) is 1.82. The molecule has 0 N–H and O–H groups in total. The van der Waals surface area contributed by atoms with Gasteiger partial charge < -0.3 is 0 Å². The molecule has 0 aliphatic rings. The Bertz CT molecular complexity index is 476. The van der Waals surface area contributed by atoms with Gasteiger partial charge in [0.1, 0.15) is 0 Å². The zero-order valence-electron chi connectivity index (χ0n) is 6.99. The number of carbonyl (C=O) groups is 1. The van der Waals surface area contributed by atoms with Gasteiger partial charge in [-0.1, -0.05) is 11.6 Å². The summed E-state index contributed by atoms with van der Waals surface area (Å²) in [5, 5.41) is 5.31. The summed E-state index contributed by atoms with van der Waals surface area (Å²) < 4.78 is 1.71. The van der Waals surface area contributed by atoms with E-state index in [0.29, 0.717) is 10.6 Å². The average molecular weight is 195 g/mol. The zero-order chi connectivity index (χ0) is 9.42. The van der Waals surface area contributed by atoms with E-state index in [0.717, 1.165) is 17.2 Å². The summed E-state index contributed by atoms with van der Waals surface area (Å²) in [4.78, 5) is 10.7. The molecule has 66 valence electrons. The van der Waals surface area contributed by atoms with Crippen LogP contribution in [0.2, 0.25) is 5.02 Å². The van der Waals surface area contributed by atoms with Gasteiger partial charge in [0.25, 0.3) is 0 Å². The van der Waals surface area contributed by atoms with Crippen LogP contribution in [0.1, 0.15) is 10.4 Å². The summed E-state index contributed by atoms with van der Waals surface area (Å²) in [6.45, 7) is 0. The third-order valence-corrected chi connectivity index (χ3v) is 2.37. The summed E-state index contributed by atoms with van der Waals surface area (Å²) in [6, 6.07) is 3.55. The van der Waals surface area contributed by atoms with Crippen LogP contribution in [0, 0.1) is 0 Å². The highest BCUT2D eigenvalue weighted by Crippen LogP contribution is 2.23. The van der Waals surface area contributed by atoms with Crippen molar-refractivity contribution >= 4 is 28.8 Å². The van der Waals surface area contributed by atoms with E-state index in [2.05, 4.69) is 5.10 Å². The molecule has 2 aromatic rings. The molecule has 0 spiro atoms. The minimum Gasteiger partial charge on any atom is -0.298 e. The molecule has 1 aromatic heterocycles. The molecule has 0 amide bonds. The van der Waals surface area contributed by atoms with E-state index in [1.807, 2.05) is 13.1 Å². The monoisotopic (exact) mass is 194 g/mol. The minimum atomic E-state index is 0.468. The second kappa shape index (κ2) is 2.85. The molecular formula is C9H7ClN2O. The van der Waals surface area contributed by atoms with E-state index >= 15 is 0 Å². The maximum atomic E-state index is 10.7. The molecule has 2 rings (SSSR count). The van der Waals surface area contributed by atoms with Crippen molar-refractivity contribution in [1.82, 2.24) is 9.78 Å². The molecule has 1 heterocycles. The molecule has 4 heteroatoms. The van der Waals surface area contributed by atoms with Crippen LogP contribution in [0.3, 0.4) is 0 Å². The van der Waals surface area contributed by atoms with Crippen molar-refractivity contribution in [2.45, 2.75) is 0 Å². The number of aryl methyl sites for hydroxylation is 1. The van der Waals surface area contributed by atoms with Gasteiger partial charge in [0.15, 0.2) is 6.29 Å². The number of rotatable bonds is 1. The van der Waals surface area contributed by atoms with Crippen molar-refractivity contribution in [2.75, 3.05) is 0 Å². The highest BCUT2D eigenvalue weighted by Gasteiger charge is 2.07. The average Bonchev–Trinajstić information content (AvgIpc) is 2.48. The Hall–Kier alpha value is -1.35. The van der Waals surface area contributed by atoms with Crippen molar-refractivity contribution in [2.24, 2.45) is 7.05 Å². The first-order valence-electron chi connectivity index (χ1n) is 3.79. The SMILES string of the molecule is Cn1ncc2c(C=O)c(Cl)ccc21. The van der Waals surface area contributed by atoms with Gasteiger partial charge in [-0.15, -0.1) is 0 Å². The Labute approximate surface area is 79.9 Å².